The molecule has 0 aliphatic carbocycles. The summed E-state index contributed by atoms with van der Waals surface area (Å²) in [5.74, 6) is -2.15. The summed E-state index contributed by atoms with van der Waals surface area (Å²) in [4.78, 5) is 61.5. The second kappa shape index (κ2) is 17.3. The Kier molecular flexibility index (Phi) is 12.4. The first-order chi connectivity index (χ1) is 28.6. The zero-order valence-electron chi connectivity index (χ0n) is 35.7. The standard InChI is InChI=1S/C46H58N6O8/c1-8-50-38-14-13-29-21-34(38)35(42(50)33-11-9-15-47-40(33)27(4)59-7)23-46(5,6)25-60-45(58)36-12-10-16-52(49-36)44(57)37(19-28-17-30(29)20-31(53)18-28)48-43(56)41(26(2)3)51-24-32(54)22-39(51)55/h9,11,13-15,17-18,20-21,26-27,32,36-37,41,49,53-54H,8,10,12,16,19,22-25H2,1-7H3,(H,48,56)/t27-,32+,36-,37-,41?/m0/s1. The molecule has 5 atom stereocenters. The lowest BCUT2D eigenvalue weighted by molar-refractivity contribution is -0.155. The number of hydrazine groups is 1. The van der Waals surface area contributed by atoms with Crippen LogP contribution in [0.2, 0.25) is 0 Å². The van der Waals surface area contributed by atoms with Crippen LogP contribution in [0, 0.1) is 11.3 Å². The number of nitrogens with zero attached hydrogens (tertiary/aromatic N) is 4. The summed E-state index contributed by atoms with van der Waals surface area (Å²) in [5.41, 5.74) is 9.55. The number of nitrogens with one attached hydrogen (secondary N) is 2. The van der Waals surface area contributed by atoms with Gasteiger partial charge in [0.2, 0.25) is 11.8 Å². The number of aryl methyl sites for hydroxylation is 1. The summed E-state index contributed by atoms with van der Waals surface area (Å²) in [5, 5.41) is 26.8. The van der Waals surface area contributed by atoms with Crippen molar-refractivity contribution in [3.8, 4) is 28.1 Å². The number of hydrogen-bond donors (Lipinski definition) is 4. The molecule has 6 bridgehead atoms. The monoisotopic (exact) mass is 822 g/mol. The van der Waals surface area contributed by atoms with Crippen molar-refractivity contribution >= 4 is 34.6 Å². The minimum atomic E-state index is -1.14. The Labute approximate surface area is 351 Å². The average molecular weight is 823 g/mol. The average Bonchev–Trinajstić information content (AvgIpc) is 3.71. The number of likely N-dealkylation sites (tertiary alicyclic amines) is 1. The summed E-state index contributed by atoms with van der Waals surface area (Å²) < 4.78 is 14.1. The lowest BCUT2D eigenvalue weighted by Crippen LogP contribution is -2.62. The quantitative estimate of drug-likeness (QED) is 0.176. The van der Waals surface area contributed by atoms with Gasteiger partial charge in [0.25, 0.3) is 5.91 Å². The molecule has 2 fully saturated rings. The zero-order chi connectivity index (χ0) is 43.0. The SMILES string of the molecule is CCn1c(-c2cccnc2[C@H](C)OC)c2c3cc(ccc31)-c1cc(O)cc(c1)C[C@H](NC(=O)C(C(C)C)N1C[C@H](O)CC1=O)C(=O)N1CCC[C@H](N1)C(=O)OCC(C)(C)C2. The Hall–Kier alpha value is -5.31. The van der Waals surface area contributed by atoms with Crippen molar-refractivity contribution in [2.75, 3.05) is 26.8 Å². The molecule has 7 rings (SSSR count). The predicted octanol–water partition coefficient (Wildman–Crippen LogP) is 5.07. The molecule has 1 unspecified atom stereocenters. The highest BCUT2D eigenvalue weighted by Crippen LogP contribution is 2.42. The van der Waals surface area contributed by atoms with Crippen molar-refractivity contribution in [3.05, 3.63) is 71.5 Å². The number of benzene rings is 2. The number of cyclic esters (lactones) is 1. The van der Waals surface area contributed by atoms with E-state index >= 15 is 0 Å². The molecule has 14 nitrogen and oxygen atoms in total. The fourth-order valence-corrected chi connectivity index (χ4v) is 9.11. The van der Waals surface area contributed by atoms with Crippen molar-refractivity contribution in [2.45, 2.75) is 111 Å². The van der Waals surface area contributed by atoms with Crippen LogP contribution >= 0.6 is 0 Å². The Morgan fingerprint density at radius 1 is 1.08 bits per heavy atom. The fraction of sp³-hybridized carbons (Fsp3) is 0.500. The number of phenolic OH excluding ortho intramolecular Hbond substituents is 1. The van der Waals surface area contributed by atoms with E-state index in [0.29, 0.717) is 31.4 Å². The second-order valence-electron chi connectivity index (χ2n) is 17.6. The number of aliphatic hydroxyl groups is 1. The highest BCUT2D eigenvalue weighted by Gasteiger charge is 2.41. The third-order valence-corrected chi connectivity index (χ3v) is 12.1. The number of rotatable bonds is 8. The van der Waals surface area contributed by atoms with Gasteiger partial charge in [-0.15, -0.1) is 0 Å². The molecule has 320 valence electrons. The van der Waals surface area contributed by atoms with Crippen LogP contribution in [-0.4, -0.2) is 104 Å². The summed E-state index contributed by atoms with van der Waals surface area (Å²) in [6.07, 6.45) is 2.05. The first-order valence-corrected chi connectivity index (χ1v) is 21.1. The van der Waals surface area contributed by atoms with Crippen molar-refractivity contribution in [1.82, 2.24) is 30.2 Å². The lowest BCUT2D eigenvalue weighted by Gasteiger charge is -2.36. The van der Waals surface area contributed by atoms with E-state index in [0.717, 1.165) is 44.5 Å². The van der Waals surface area contributed by atoms with Crippen LogP contribution in [0.4, 0.5) is 0 Å². The van der Waals surface area contributed by atoms with Gasteiger partial charge in [-0.05, 0) is 97.7 Å². The lowest BCUT2D eigenvalue weighted by atomic mass is 9.84. The highest BCUT2D eigenvalue weighted by molar-refractivity contribution is 5.96. The number of aromatic hydroxyl groups is 1. The molecule has 2 saturated heterocycles. The van der Waals surface area contributed by atoms with E-state index in [1.54, 1.807) is 25.4 Å². The fourth-order valence-electron chi connectivity index (χ4n) is 9.11. The number of phenols is 1. The van der Waals surface area contributed by atoms with Gasteiger partial charge >= 0.3 is 5.97 Å². The molecular weight excluding hydrogens is 765 g/mol. The number of pyridine rings is 1. The smallest absolute Gasteiger partial charge is 0.324 e. The van der Waals surface area contributed by atoms with E-state index < -0.39 is 47.4 Å². The number of carbonyl (C=O) groups excluding carboxylic acids is 4. The molecule has 60 heavy (non-hydrogen) atoms. The molecule has 2 aromatic heterocycles. The predicted molar refractivity (Wildman–Crippen MR) is 226 cm³/mol. The van der Waals surface area contributed by atoms with E-state index in [-0.39, 0.29) is 56.2 Å². The number of esters is 1. The molecule has 3 aliphatic heterocycles. The maximum absolute atomic E-state index is 14.5. The van der Waals surface area contributed by atoms with Crippen LogP contribution in [0.3, 0.4) is 0 Å². The second-order valence-corrected chi connectivity index (χ2v) is 17.6. The minimum absolute atomic E-state index is 0.000163. The van der Waals surface area contributed by atoms with Gasteiger partial charge in [-0.1, -0.05) is 39.8 Å². The molecule has 3 aliphatic rings. The Bertz CT molecular complexity index is 2290. The van der Waals surface area contributed by atoms with Crippen molar-refractivity contribution < 1.29 is 38.9 Å². The van der Waals surface area contributed by atoms with Crippen LogP contribution in [0.15, 0.2) is 54.7 Å². The number of amides is 3. The number of aliphatic hydroxyl groups excluding tert-OH is 1. The number of ether oxygens (including phenoxy) is 2. The van der Waals surface area contributed by atoms with Gasteiger partial charge in [-0.2, -0.15) is 0 Å². The number of carbonyl (C=O) groups is 4. The van der Waals surface area contributed by atoms with Crippen LogP contribution in [0.5, 0.6) is 5.75 Å². The first-order valence-electron chi connectivity index (χ1n) is 21.1. The topological polar surface area (TPSA) is 176 Å². The Morgan fingerprint density at radius 3 is 2.57 bits per heavy atom. The van der Waals surface area contributed by atoms with E-state index in [4.69, 9.17) is 14.5 Å². The molecule has 0 radical (unpaired) electrons. The van der Waals surface area contributed by atoms with Gasteiger partial charge in [-0.3, -0.25) is 29.2 Å². The van der Waals surface area contributed by atoms with Gasteiger partial charge in [0.1, 0.15) is 23.9 Å². The van der Waals surface area contributed by atoms with Gasteiger partial charge in [0.15, 0.2) is 0 Å². The number of fused-ring (bicyclic) bond motifs is 6. The summed E-state index contributed by atoms with van der Waals surface area (Å²) in [6.45, 7) is 12.9. The van der Waals surface area contributed by atoms with E-state index in [1.165, 1.54) is 9.91 Å². The largest absolute Gasteiger partial charge is 0.508 e. The van der Waals surface area contributed by atoms with Crippen LogP contribution in [0.25, 0.3) is 33.3 Å². The zero-order valence-corrected chi connectivity index (χ0v) is 35.7. The molecular formula is C46H58N6O8. The van der Waals surface area contributed by atoms with E-state index in [9.17, 15) is 29.4 Å². The molecule has 0 saturated carbocycles. The summed E-state index contributed by atoms with van der Waals surface area (Å²) >= 11 is 0. The normalized spacial score (nSPS) is 22.1. The number of β-amino-alcohol motifs (C(OH)–C–C–N with tert-alkyl or cyclic N) is 1. The molecule has 5 heterocycles. The summed E-state index contributed by atoms with van der Waals surface area (Å²) in [7, 11) is 1.67. The minimum Gasteiger partial charge on any atom is -0.508 e. The summed E-state index contributed by atoms with van der Waals surface area (Å²) in [6, 6.07) is 12.5. The highest BCUT2D eigenvalue weighted by atomic mass is 16.5. The maximum Gasteiger partial charge on any atom is 0.324 e. The van der Waals surface area contributed by atoms with Gasteiger partial charge in [0, 0.05) is 61.2 Å². The Morgan fingerprint density at radius 2 is 1.87 bits per heavy atom. The van der Waals surface area contributed by atoms with Crippen molar-refractivity contribution in [1.29, 1.82) is 0 Å². The van der Waals surface area contributed by atoms with Gasteiger partial charge < -0.3 is 34.5 Å². The van der Waals surface area contributed by atoms with Crippen LogP contribution < -0.4 is 10.7 Å². The van der Waals surface area contributed by atoms with E-state index in [1.807, 2.05) is 39.0 Å². The van der Waals surface area contributed by atoms with Crippen LogP contribution in [-0.2, 0) is 48.0 Å². The number of methoxy groups -OCH3 is 1. The third kappa shape index (κ3) is 8.63. The van der Waals surface area contributed by atoms with E-state index in [2.05, 4.69) is 54.3 Å². The molecule has 14 heteroatoms. The third-order valence-electron chi connectivity index (χ3n) is 12.1. The molecule has 0 spiro atoms. The molecule has 4 aromatic rings. The molecule has 4 N–H and O–H groups in total. The van der Waals surface area contributed by atoms with Crippen LogP contribution in [0.1, 0.15) is 83.7 Å². The Balaban J connectivity index is 1.37. The maximum atomic E-state index is 14.5. The van der Waals surface area contributed by atoms with Gasteiger partial charge in [0.05, 0.1) is 36.6 Å². The van der Waals surface area contributed by atoms with Gasteiger partial charge in [-0.25, -0.2) is 5.43 Å². The molecule has 3 amide bonds. The first kappa shape index (κ1) is 42.8. The van der Waals surface area contributed by atoms with Crippen molar-refractivity contribution in [2.24, 2.45) is 11.3 Å². The van der Waals surface area contributed by atoms with Crippen molar-refractivity contribution in [3.63, 3.8) is 0 Å². The number of aromatic nitrogens is 2. The molecule has 2 aromatic carbocycles. The number of hydrogen-bond acceptors (Lipinski definition) is 10.